The Labute approximate surface area is 104 Å². The summed E-state index contributed by atoms with van der Waals surface area (Å²) in [6.07, 6.45) is -0.514. The summed E-state index contributed by atoms with van der Waals surface area (Å²) in [6, 6.07) is 5.12. The van der Waals surface area contributed by atoms with Crippen molar-refractivity contribution in [1.29, 1.82) is 0 Å². The highest BCUT2D eigenvalue weighted by atomic mass is 19.4. The maximum atomic E-state index is 12.4. The molecule has 1 aromatic carbocycles. The van der Waals surface area contributed by atoms with Crippen molar-refractivity contribution in [2.45, 2.75) is 6.18 Å². The van der Waals surface area contributed by atoms with E-state index in [4.69, 9.17) is 0 Å². The van der Waals surface area contributed by atoms with Crippen LogP contribution in [0.15, 0.2) is 36.7 Å². The SMILES string of the molecule is Cn1cc[n+](C)c1[B-]c1ccc(C(F)(F)F)cc1. The number of hydrogen-bond donors (Lipinski definition) is 0. The van der Waals surface area contributed by atoms with E-state index in [0.717, 1.165) is 23.3 Å². The van der Waals surface area contributed by atoms with Crippen molar-refractivity contribution in [2.24, 2.45) is 14.1 Å². The molecule has 0 N–H and O–H groups in total. The molecule has 6 heteroatoms. The molecule has 2 nitrogen and oxygen atoms in total. The van der Waals surface area contributed by atoms with E-state index in [-0.39, 0.29) is 0 Å². The molecule has 0 saturated carbocycles. The molecular formula is C12H12BF3N2. The number of rotatable bonds is 2. The molecule has 94 valence electrons. The van der Waals surface area contributed by atoms with Crippen LogP contribution in [-0.2, 0) is 20.3 Å². The molecule has 0 aliphatic heterocycles. The van der Waals surface area contributed by atoms with Crippen LogP contribution >= 0.6 is 0 Å². The molecule has 0 bridgehead atoms. The molecule has 2 aromatic rings. The normalized spacial score (nSPS) is 11.8. The Morgan fingerprint density at radius 1 is 1.17 bits per heavy atom. The number of alkyl halides is 3. The maximum absolute atomic E-state index is 12.4. The van der Waals surface area contributed by atoms with Gasteiger partial charge in [0, 0.05) is 5.72 Å². The highest BCUT2D eigenvalue weighted by molar-refractivity contribution is 6.65. The second-order valence-electron chi connectivity index (χ2n) is 4.14. The molecular weight excluding hydrogens is 240 g/mol. The predicted molar refractivity (Wildman–Crippen MR) is 63.1 cm³/mol. The molecule has 0 atom stereocenters. The first-order valence-corrected chi connectivity index (χ1v) is 5.41. The molecule has 0 saturated heterocycles. The second kappa shape index (κ2) is 4.51. The standard InChI is InChI=1S/C12H12BF3N2/c1-17-7-8-18(2)11(17)13-10-5-3-9(4-6-10)12(14,15)16/h3-8H,1-2H3. The zero-order valence-electron chi connectivity index (χ0n) is 10.1. The third kappa shape index (κ3) is 2.58. The van der Waals surface area contributed by atoms with E-state index < -0.39 is 11.7 Å². The number of aryl methyl sites for hydroxylation is 2. The van der Waals surface area contributed by atoms with Crippen LogP contribution < -0.4 is 15.8 Å². The zero-order valence-corrected chi connectivity index (χ0v) is 10.1. The number of halogens is 3. The monoisotopic (exact) mass is 252 g/mol. The van der Waals surface area contributed by atoms with Gasteiger partial charge in [0.25, 0.3) is 0 Å². The van der Waals surface area contributed by atoms with E-state index in [1.165, 1.54) is 12.1 Å². The van der Waals surface area contributed by atoms with Gasteiger partial charge in [-0.1, -0.05) is 12.1 Å². The molecule has 1 heterocycles. The highest BCUT2D eigenvalue weighted by Crippen LogP contribution is 2.28. The molecule has 0 aliphatic carbocycles. The Bertz CT molecular complexity index is 524. The van der Waals surface area contributed by atoms with Gasteiger partial charge in [-0.2, -0.15) is 13.2 Å². The number of imidazole rings is 1. The van der Waals surface area contributed by atoms with Crippen molar-refractivity contribution in [2.75, 3.05) is 0 Å². The van der Waals surface area contributed by atoms with Crippen LogP contribution in [0.1, 0.15) is 5.56 Å². The number of benzene rings is 1. The summed E-state index contributed by atoms with van der Waals surface area (Å²) in [5.41, 5.74) is 1.02. The highest BCUT2D eigenvalue weighted by Gasteiger charge is 2.29. The summed E-state index contributed by atoms with van der Waals surface area (Å²) < 4.78 is 41.0. The average Bonchev–Trinajstić information content (AvgIpc) is 2.60. The van der Waals surface area contributed by atoms with E-state index in [0.29, 0.717) is 0 Å². The Morgan fingerprint density at radius 2 is 1.78 bits per heavy atom. The fourth-order valence-corrected chi connectivity index (χ4v) is 1.72. The first-order valence-electron chi connectivity index (χ1n) is 5.41. The van der Waals surface area contributed by atoms with Gasteiger partial charge in [0.2, 0.25) is 0 Å². The van der Waals surface area contributed by atoms with Crippen LogP contribution in [-0.4, -0.2) is 11.8 Å². The topological polar surface area (TPSA) is 8.81 Å². The van der Waals surface area contributed by atoms with Crippen molar-refractivity contribution in [3.8, 4) is 0 Å². The van der Waals surface area contributed by atoms with Gasteiger partial charge in [0.05, 0.1) is 19.7 Å². The van der Waals surface area contributed by atoms with Gasteiger partial charge in [0.1, 0.15) is 12.4 Å². The molecule has 0 fully saturated rings. The van der Waals surface area contributed by atoms with Gasteiger partial charge in [-0.15, -0.1) is 19.4 Å². The van der Waals surface area contributed by atoms with Crippen LogP contribution in [0.3, 0.4) is 0 Å². The summed E-state index contributed by atoms with van der Waals surface area (Å²) in [5.74, 6) is 0. The van der Waals surface area contributed by atoms with E-state index in [1.807, 2.05) is 42.9 Å². The number of nitrogens with zero attached hydrogens (tertiary/aromatic N) is 2. The molecule has 0 unspecified atom stereocenters. The third-order valence-electron chi connectivity index (χ3n) is 2.77. The van der Waals surface area contributed by atoms with Crippen molar-refractivity contribution in [3.05, 3.63) is 42.2 Å². The lowest BCUT2D eigenvalue weighted by Gasteiger charge is -2.15. The molecule has 1 aromatic heterocycles. The minimum absolute atomic E-state index is 0.629. The first-order chi connectivity index (χ1) is 8.38. The lowest BCUT2D eigenvalue weighted by molar-refractivity contribution is -0.652. The van der Waals surface area contributed by atoms with E-state index in [2.05, 4.69) is 0 Å². The molecule has 18 heavy (non-hydrogen) atoms. The van der Waals surface area contributed by atoms with E-state index >= 15 is 0 Å². The van der Waals surface area contributed by atoms with Crippen LogP contribution in [0.25, 0.3) is 0 Å². The predicted octanol–water partition coefficient (Wildman–Crippen LogP) is 0.523. The van der Waals surface area contributed by atoms with Gasteiger partial charge < -0.3 is 0 Å². The van der Waals surface area contributed by atoms with Crippen LogP contribution in [0, 0.1) is 0 Å². The molecule has 2 rings (SSSR count). The van der Waals surface area contributed by atoms with E-state index in [1.54, 1.807) is 0 Å². The third-order valence-corrected chi connectivity index (χ3v) is 2.77. The Morgan fingerprint density at radius 3 is 2.22 bits per heavy atom. The molecule has 2 radical (unpaired) electrons. The van der Waals surface area contributed by atoms with Crippen LogP contribution in [0.5, 0.6) is 0 Å². The Kier molecular flexibility index (Phi) is 3.19. The largest absolute Gasteiger partial charge is 0.416 e. The van der Waals surface area contributed by atoms with Crippen molar-refractivity contribution in [1.82, 2.24) is 4.57 Å². The summed E-state index contributed by atoms with van der Waals surface area (Å²) >= 11 is 0. The van der Waals surface area contributed by atoms with Gasteiger partial charge in [-0.3, -0.25) is 14.6 Å². The van der Waals surface area contributed by atoms with Gasteiger partial charge in [-0.25, -0.2) is 0 Å². The fourth-order valence-electron chi connectivity index (χ4n) is 1.72. The lowest BCUT2D eigenvalue weighted by atomic mass is 9.69. The minimum atomic E-state index is -4.28. The first kappa shape index (κ1) is 12.7. The lowest BCUT2D eigenvalue weighted by Crippen LogP contribution is -2.52. The summed E-state index contributed by atoms with van der Waals surface area (Å²) in [4.78, 5) is 0. The fraction of sp³-hybridized carbons (Fsp3) is 0.250. The van der Waals surface area contributed by atoms with Crippen LogP contribution in [0.2, 0.25) is 0 Å². The maximum Gasteiger partial charge on any atom is 0.416 e. The minimum Gasteiger partial charge on any atom is -0.280 e. The number of aromatic nitrogens is 2. The summed E-state index contributed by atoms with van der Waals surface area (Å²) in [5, 5.41) is 0. The van der Waals surface area contributed by atoms with Crippen molar-refractivity contribution < 1.29 is 17.7 Å². The average molecular weight is 252 g/mol. The van der Waals surface area contributed by atoms with Crippen molar-refractivity contribution >= 4 is 18.5 Å². The van der Waals surface area contributed by atoms with Gasteiger partial charge >= 0.3 is 6.18 Å². The molecule has 0 amide bonds. The quantitative estimate of drug-likeness (QED) is 0.544. The van der Waals surface area contributed by atoms with Crippen LogP contribution in [0.4, 0.5) is 13.2 Å². The summed E-state index contributed by atoms with van der Waals surface area (Å²) in [7, 11) is 5.60. The van der Waals surface area contributed by atoms with Gasteiger partial charge in [-0.05, 0) is 0 Å². The van der Waals surface area contributed by atoms with Crippen molar-refractivity contribution in [3.63, 3.8) is 0 Å². The summed E-state index contributed by atoms with van der Waals surface area (Å²) in [6.45, 7) is 0. The molecule has 0 spiro atoms. The molecule has 0 aliphatic rings. The zero-order chi connectivity index (χ0) is 13.3. The Balaban J connectivity index is 2.21. The smallest absolute Gasteiger partial charge is 0.280 e. The van der Waals surface area contributed by atoms with Gasteiger partial charge in [0.15, 0.2) is 0 Å². The second-order valence-corrected chi connectivity index (χ2v) is 4.14. The Hall–Kier alpha value is -1.72. The number of hydrogen-bond acceptors (Lipinski definition) is 0. The van der Waals surface area contributed by atoms with E-state index in [9.17, 15) is 13.2 Å².